The van der Waals surface area contributed by atoms with Crippen LogP contribution >= 0.6 is 0 Å². The molecule has 0 spiro atoms. The predicted molar refractivity (Wildman–Crippen MR) is 104 cm³/mol. The number of hydrogen-bond donors (Lipinski definition) is 1. The summed E-state index contributed by atoms with van der Waals surface area (Å²) in [7, 11) is 3.16. The molecular formula is C21H20N2O3. The molecule has 5 heteroatoms. The summed E-state index contributed by atoms with van der Waals surface area (Å²) in [4.78, 5) is 17.2. The zero-order chi connectivity index (χ0) is 18.7. The van der Waals surface area contributed by atoms with Gasteiger partial charge < -0.3 is 15.2 Å². The molecule has 3 aromatic rings. The maximum atomic E-state index is 12.8. The molecule has 3 rings (SSSR count). The fraction of sp³-hybridized carbons (Fsp3) is 0.143. The number of nitrogens with two attached hydrogens (primary N) is 1. The molecule has 0 radical (unpaired) electrons. The maximum absolute atomic E-state index is 12.8. The van der Waals surface area contributed by atoms with Crippen LogP contribution in [0.5, 0.6) is 11.5 Å². The fourth-order valence-electron chi connectivity index (χ4n) is 2.88. The number of nitrogens with zero attached hydrogens (tertiary/aromatic N) is 1. The number of methoxy groups -OCH3 is 2. The lowest BCUT2D eigenvalue weighted by Crippen LogP contribution is -2.06. The number of fused-ring (bicyclic) bond motifs is 1. The lowest BCUT2D eigenvalue weighted by molar-refractivity contribution is 0.104. The molecule has 0 fully saturated rings. The lowest BCUT2D eigenvalue weighted by atomic mass is 10.0. The molecule has 0 atom stereocenters. The van der Waals surface area contributed by atoms with Gasteiger partial charge in [0.25, 0.3) is 0 Å². The molecule has 132 valence electrons. The number of benzene rings is 2. The van der Waals surface area contributed by atoms with Crippen molar-refractivity contribution in [2.45, 2.75) is 6.92 Å². The van der Waals surface area contributed by atoms with E-state index in [1.807, 2.05) is 36.4 Å². The molecule has 0 aliphatic carbocycles. The van der Waals surface area contributed by atoms with E-state index < -0.39 is 0 Å². The molecule has 1 heterocycles. The quantitative estimate of drug-likeness (QED) is 0.556. The number of para-hydroxylation sites is 1. The second-order valence-corrected chi connectivity index (χ2v) is 5.81. The SMILES string of the molecule is COc1ccc(/C=C/C(=O)c2c(C)nc3ccccc3c2N)c(OC)c1. The summed E-state index contributed by atoms with van der Waals surface area (Å²) < 4.78 is 10.5. The summed E-state index contributed by atoms with van der Waals surface area (Å²) in [6.07, 6.45) is 3.19. The van der Waals surface area contributed by atoms with Gasteiger partial charge in [-0.1, -0.05) is 18.2 Å². The standard InChI is InChI=1S/C21H20N2O3/c1-13-20(21(22)16-6-4-5-7-17(16)23-13)18(24)11-9-14-8-10-15(25-2)12-19(14)26-3/h4-12H,1-3H3,(H2,22,23)/b11-9+. The van der Waals surface area contributed by atoms with Crippen LogP contribution in [-0.2, 0) is 0 Å². The molecule has 1 aromatic heterocycles. The largest absolute Gasteiger partial charge is 0.497 e. The lowest BCUT2D eigenvalue weighted by Gasteiger charge is -2.10. The molecule has 0 bridgehead atoms. The van der Waals surface area contributed by atoms with Gasteiger partial charge in [-0.2, -0.15) is 0 Å². The molecule has 26 heavy (non-hydrogen) atoms. The van der Waals surface area contributed by atoms with Gasteiger partial charge in [-0.15, -0.1) is 0 Å². The van der Waals surface area contributed by atoms with E-state index in [1.54, 1.807) is 33.3 Å². The van der Waals surface area contributed by atoms with E-state index in [2.05, 4.69) is 4.98 Å². The molecule has 5 nitrogen and oxygen atoms in total. The Kier molecular flexibility index (Phi) is 4.89. The van der Waals surface area contributed by atoms with Crippen LogP contribution in [0.3, 0.4) is 0 Å². The fourth-order valence-corrected chi connectivity index (χ4v) is 2.88. The van der Waals surface area contributed by atoms with E-state index in [0.717, 1.165) is 16.5 Å². The van der Waals surface area contributed by atoms with Crippen LogP contribution in [0.2, 0.25) is 0 Å². The van der Waals surface area contributed by atoms with Crippen molar-refractivity contribution in [2.24, 2.45) is 0 Å². The van der Waals surface area contributed by atoms with Crippen molar-refractivity contribution in [3.63, 3.8) is 0 Å². The van der Waals surface area contributed by atoms with Crippen LogP contribution in [-0.4, -0.2) is 25.0 Å². The van der Waals surface area contributed by atoms with Crippen molar-refractivity contribution in [1.82, 2.24) is 4.98 Å². The third-order valence-electron chi connectivity index (χ3n) is 4.21. The molecule has 0 aliphatic rings. The van der Waals surface area contributed by atoms with E-state index in [0.29, 0.717) is 28.4 Å². The van der Waals surface area contributed by atoms with Crippen molar-refractivity contribution in [1.29, 1.82) is 0 Å². The Morgan fingerprint density at radius 3 is 2.62 bits per heavy atom. The van der Waals surface area contributed by atoms with Crippen molar-refractivity contribution < 1.29 is 14.3 Å². The first-order valence-electron chi connectivity index (χ1n) is 8.14. The number of carbonyl (C=O) groups is 1. The van der Waals surface area contributed by atoms with E-state index in [9.17, 15) is 4.79 Å². The maximum Gasteiger partial charge on any atom is 0.189 e. The summed E-state index contributed by atoms with van der Waals surface area (Å²) in [5.41, 5.74) is 9.28. The number of carbonyl (C=O) groups excluding carboxylic acids is 1. The van der Waals surface area contributed by atoms with Gasteiger partial charge >= 0.3 is 0 Å². The van der Waals surface area contributed by atoms with Crippen LogP contribution in [0.1, 0.15) is 21.6 Å². The summed E-state index contributed by atoms with van der Waals surface area (Å²) in [6, 6.07) is 12.9. The number of aromatic nitrogens is 1. The molecule has 0 saturated carbocycles. The minimum Gasteiger partial charge on any atom is -0.497 e. The zero-order valence-corrected chi connectivity index (χ0v) is 14.9. The van der Waals surface area contributed by atoms with Crippen LogP contribution in [0, 0.1) is 6.92 Å². The number of nitrogen functional groups attached to an aromatic ring is 1. The number of rotatable bonds is 5. The minimum absolute atomic E-state index is 0.198. The van der Waals surface area contributed by atoms with Crippen LogP contribution in [0.15, 0.2) is 48.5 Å². The van der Waals surface area contributed by atoms with Gasteiger partial charge in [0.05, 0.1) is 36.7 Å². The Bertz CT molecular complexity index is 1010. The normalized spacial score (nSPS) is 11.0. The summed E-state index contributed by atoms with van der Waals surface area (Å²) in [5.74, 6) is 1.11. The number of anilines is 1. The predicted octanol–water partition coefficient (Wildman–Crippen LogP) is 4.04. The third kappa shape index (κ3) is 3.24. The zero-order valence-electron chi connectivity index (χ0n) is 14.9. The average molecular weight is 348 g/mol. The molecule has 0 saturated heterocycles. The monoisotopic (exact) mass is 348 g/mol. The van der Waals surface area contributed by atoms with Gasteiger partial charge in [0.1, 0.15) is 11.5 Å². The highest BCUT2D eigenvalue weighted by Crippen LogP contribution is 2.28. The first-order chi connectivity index (χ1) is 12.5. The summed E-state index contributed by atoms with van der Waals surface area (Å²) >= 11 is 0. The Balaban J connectivity index is 1.98. The number of allylic oxidation sites excluding steroid dienone is 1. The van der Waals surface area contributed by atoms with Gasteiger partial charge in [0, 0.05) is 17.0 Å². The van der Waals surface area contributed by atoms with Crippen molar-refractivity contribution in [2.75, 3.05) is 20.0 Å². The van der Waals surface area contributed by atoms with Crippen LogP contribution < -0.4 is 15.2 Å². The van der Waals surface area contributed by atoms with Gasteiger partial charge in [0.15, 0.2) is 5.78 Å². The van der Waals surface area contributed by atoms with Gasteiger partial charge in [-0.3, -0.25) is 9.78 Å². The number of aryl methyl sites for hydroxylation is 1. The average Bonchev–Trinajstić information content (AvgIpc) is 2.66. The van der Waals surface area contributed by atoms with E-state index in [1.165, 1.54) is 6.08 Å². The number of pyridine rings is 1. The second kappa shape index (κ2) is 7.27. The van der Waals surface area contributed by atoms with Crippen molar-refractivity contribution in [3.05, 3.63) is 65.4 Å². The summed E-state index contributed by atoms with van der Waals surface area (Å²) in [6.45, 7) is 1.79. The smallest absolute Gasteiger partial charge is 0.189 e. The van der Waals surface area contributed by atoms with Gasteiger partial charge in [-0.05, 0) is 37.3 Å². The van der Waals surface area contributed by atoms with E-state index in [-0.39, 0.29) is 5.78 Å². The Morgan fingerprint density at radius 2 is 1.88 bits per heavy atom. The number of ketones is 1. The molecule has 0 aliphatic heterocycles. The van der Waals surface area contributed by atoms with Gasteiger partial charge in [-0.25, -0.2) is 0 Å². The van der Waals surface area contributed by atoms with E-state index in [4.69, 9.17) is 15.2 Å². The molecule has 2 N–H and O–H groups in total. The highest BCUT2D eigenvalue weighted by Gasteiger charge is 2.15. The van der Waals surface area contributed by atoms with Crippen molar-refractivity contribution in [3.8, 4) is 11.5 Å². The molecule has 0 amide bonds. The molecule has 2 aromatic carbocycles. The Morgan fingerprint density at radius 1 is 1.12 bits per heavy atom. The minimum atomic E-state index is -0.198. The number of hydrogen-bond acceptors (Lipinski definition) is 5. The first kappa shape index (κ1) is 17.5. The van der Waals surface area contributed by atoms with Crippen LogP contribution in [0.4, 0.5) is 5.69 Å². The second-order valence-electron chi connectivity index (χ2n) is 5.81. The van der Waals surface area contributed by atoms with E-state index >= 15 is 0 Å². The van der Waals surface area contributed by atoms with Crippen molar-refractivity contribution >= 4 is 28.4 Å². The molecular weight excluding hydrogens is 328 g/mol. The van der Waals surface area contributed by atoms with Gasteiger partial charge in [0.2, 0.25) is 0 Å². The number of ether oxygens (including phenoxy) is 2. The third-order valence-corrected chi connectivity index (χ3v) is 4.21. The highest BCUT2D eigenvalue weighted by atomic mass is 16.5. The summed E-state index contributed by atoms with van der Waals surface area (Å²) in [5, 5.41) is 0.775. The first-order valence-corrected chi connectivity index (χ1v) is 8.14. The Hall–Kier alpha value is -3.34. The topological polar surface area (TPSA) is 74.4 Å². The van der Waals surface area contributed by atoms with Crippen LogP contribution in [0.25, 0.3) is 17.0 Å². The Labute approximate surface area is 152 Å². The highest BCUT2D eigenvalue weighted by molar-refractivity contribution is 6.14. The molecule has 0 unspecified atom stereocenters.